The van der Waals surface area contributed by atoms with Gasteiger partial charge in [-0.2, -0.15) is 0 Å². The van der Waals surface area contributed by atoms with Gasteiger partial charge in [-0.25, -0.2) is 0 Å². The Morgan fingerprint density at radius 1 is 1.12 bits per heavy atom. The number of fused-ring (bicyclic) bond motifs is 1. The molecule has 0 saturated carbocycles. The molecule has 1 aromatic carbocycles. The standard InChI is InChI=1S/C17H17N5O2/c1-24-11-10-18-15-8-7-14(21-22-15)17(23)20-13-6-2-4-12-5-3-9-19-16(12)13/h2-9H,10-11H2,1H3,(H,18,22)(H,20,23). The zero-order valence-corrected chi connectivity index (χ0v) is 13.2. The fraction of sp³-hybridized carbons (Fsp3) is 0.176. The molecule has 0 aliphatic rings. The van der Waals surface area contributed by atoms with Gasteiger partial charge in [0, 0.05) is 25.2 Å². The zero-order valence-electron chi connectivity index (χ0n) is 13.2. The molecule has 2 N–H and O–H groups in total. The molecule has 0 saturated heterocycles. The highest BCUT2D eigenvalue weighted by molar-refractivity contribution is 6.07. The smallest absolute Gasteiger partial charge is 0.276 e. The molecule has 0 radical (unpaired) electrons. The van der Waals surface area contributed by atoms with Gasteiger partial charge in [-0.3, -0.25) is 9.78 Å². The summed E-state index contributed by atoms with van der Waals surface area (Å²) in [6.45, 7) is 1.19. The molecule has 0 aliphatic carbocycles. The third-order valence-corrected chi connectivity index (χ3v) is 3.39. The molecular formula is C17H17N5O2. The van der Waals surface area contributed by atoms with E-state index < -0.39 is 0 Å². The number of hydrogen-bond acceptors (Lipinski definition) is 6. The number of ether oxygens (including phenoxy) is 1. The predicted molar refractivity (Wildman–Crippen MR) is 92.1 cm³/mol. The lowest BCUT2D eigenvalue weighted by Gasteiger charge is -2.08. The fourth-order valence-corrected chi connectivity index (χ4v) is 2.22. The van der Waals surface area contributed by atoms with Crippen LogP contribution in [-0.4, -0.2) is 41.3 Å². The summed E-state index contributed by atoms with van der Waals surface area (Å²) < 4.78 is 4.95. The number of para-hydroxylation sites is 1. The topological polar surface area (TPSA) is 89.0 Å². The maximum atomic E-state index is 12.3. The minimum Gasteiger partial charge on any atom is -0.383 e. The van der Waals surface area contributed by atoms with Crippen molar-refractivity contribution < 1.29 is 9.53 Å². The first-order chi connectivity index (χ1) is 11.8. The van der Waals surface area contributed by atoms with Gasteiger partial charge in [0.05, 0.1) is 17.8 Å². The minimum absolute atomic E-state index is 0.236. The Balaban J connectivity index is 1.72. The third-order valence-electron chi connectivity index (χ3n) is 3.39. The number of carbonyl (C=O) groups excluding carboxylic acids is 1. The van der Waals surface area contributed by atoms with Crippen molar-refractivity contribution >= 4 is 28.3 Å². The zero-order chi connectivity index (χ0) is 16.8. The minimum atomic E-state index is -0.330. The number of nitrogens with one attached hydrogen (secondary N) is 2. The molecule has 3 aromatic rings. The molecule has 1 amide bonds. The van der Waals surface area contributed by atoms with Crippen LogP contribution in [0, 0.1) is 0 Å². The largest absolute Gasteiger partial charge is 0.383 e. The van der Waals surface area contributed by atoms with Crippen molar-refractivity contribution in [1.29, 1.82) is 0 Å². The lowest BCUT2D eigenvalue weighted by Crippen LogP contribution is -2.16. The van der Waals surface area contributed by atoms with Crippen molar-refractivity contribution in [2.45, 2.75) is 0 Å². The van der Waals surface area contributed by atoms with Gasteiger partial charge in [-0.1, -0.05) is 18.2 Å². The van der Waals surface area contributed by atoms with E-state index in [2.05, 4.69) is 25.8 Å². The van der Waals surface area contributed by atoms with E-state index in [4.69, 9.17) is 4.74 Å². The predicted octanol–water partition coefficient (Wildman–Crippen LogP) is 2.34. The number of amides is 1. The number of pyridine rings is 1. The molecule has 0 unspecified atom stereocenters. The summed E-state index contributed by atoms with van der Waals surface area (Å²) in [6.07, 6.45) is 1.69. The molecule has 7 nitrogen and oxygen atoms in total. The molecule has 0 spiro atoms. The van der Waals surface area contributed by atoms with Crippen molar-refractivity contribution in [1.82, 2.24) is 15.2 Å². The number of anilines is 2. The summed E-state index contributed by atoms with van der Waals surface area (Å²) in [5.41, 5.74) is 1.61. The number of methoxy groups -OCH3 is 1. The van der Waals surface area contributed by atoms with Crippen LogP contribution in [0.1, 0.15) is 10.5 Å². The van der Waals surface area contributed by atoms with Gasteiger partial charge in [0.1, 0.15) is 5.82 Å². The van der Waals surface area contributed by atoms with Crippen molar-refractivity contribution in [2.24, 2.45) is 0 Å². The Labute approximate surface area is 139 Å². The van der Waals surface area contributed by atoms with Gasteiger partial charge in [0.25, 0.3) is 5.91 Å². The molecule has 0 atom stereocenters. The van der Waals surface area contributed by atoms with Gasteiger partial charge in [0.2, 0.25) is 0 Å². The average Bonchev–Trinajstić information content (AvgIpc) is 2.63. The second kappa shape index (κ2) is 7.47. The van der Waals surface area contributed by atoms with Crippen LogP contribution in [0.4, 0.5) is 11.5 Å². The van der Waals surface area contributed by atoms with Crippen LogP contribution in [0.5, 0.6) is 0 Å². The summed E-state index contributed by atoms with van der Waals surface area (Å²) in [5, 5.41) is 14.8. The number of hydrogen-bond donors (Lipinski definition) is 2. The van der Waals surface area contributed by atoms with Crippen LogP contribution in [0.15, 0.2) is 48.7 Å². The molecule has 0 bridgehead atoms. The van der Waals surface area contributed by atoms with E-state index in [1.165, 1.54) is 0 Å². The fourth-order valence-electron chi connectivity index (χ4n) is 2.22. The Bertz CT molecular complexity index is 831. The van der Waals surface area contributed by atoms with Crippen molar-refractivity contribution in [3.8, 4) is 0 Å². The van der Waals surface area contributed by atoms with Crippen LogP contribution in [0.3, 0.4) is 0 Å². The second-order valence-electron chi connectivity index (χ2n) is 5.06. The van der Waals surface area contributed by atoms with Gasteiger partial charge < -0.3 is 15.4 Å². The Kier molecular flexibility index (Phi) is 4.93. The van der Waals surface area contributed by atoms with E-state index in [1.54, 1.807) is 31.5 Å². The number of aromatic nitrogens is 3. The van der Waals surface area contributed by atoms with Gasteiger partial charge in [-0.15, -0.1) is 10.2 Å². The van der Waals surface area contributed by atoms with Crippen molar-refractivity contribution in [3.63, 3.8) is 0 Å². The molecule has 0 aliphatic heterocycles. The SMILES string of the molecule is COCCNc1ccc(C(=O)Nc2cccc3cccnc23)nn1. The normalized spacial score (nSPS) is 10.5. The van der Waals surface area contributed by atoms with E-state index in [0.717, 1.165) is 10.9 Å². The molecule has 24 heavy (non-hydrogen) atoms. The second-order valence-corrected chi connectivity index (χ2v) is 5.06. The summed E-state index contributed by atoms with van der Waals surface area (Å²) in [4.78, 5) is 16.7. The van der Waals surface area contributed by atoms with Crippen LogP contribution >= 0.6 is 0 Å². The number of rotatable bonds is 6. The quantitative estimate of drug-likeness (QED) is 0.677. The lowest BCUT2D eigenvalue weighted by atomic mass is 10.2. The van der Waals surface area contributed by atoms with Gasteiger partial charge in [-0.05, 0) is 24.3 Å². The van der Waals surface area contributed by atoms with E-state index in [1.807, 2.05) is 24.3 Å². The van der Waals surface area contributed by atoms with Crippen LogP contribution in [0.2, 0.25) is 0 Å². The van der Waals surface area contributed by atoms with E-state index in [9.17, 15) is 4.79 Å². The summed E-state index contributed by atoms with van der Waals surface area (Å²) in [7, 11) is 1.63. The maximum Gasteiger partial charge on any atom is 0.276 e. The lowest BCUT2D eigenvalue weighted by molar-refractivity contribution is 0.102. The van der Waals surface area contributed by atoms with E-state index in [-0.39, 0.29) is 11.6 Å². The van der Waals surface area contributed by atoms with E-state index >= 15 is 0 Å². The molecule has 7 heteroatoms. The molecule has 122 valence electrons. The van der Waals surface area contributed by atoms with Crippen LogP contribution in [0.25, 0.3) is 10.9 Å². The summed E-state index contributed by atoms with van der Waals surface area (Å²) in [5.74, 6) is 0.263. The average molecular weight is 323 g/mol. The number of benzene rings is 1. The molecule has 2 aromatic heterocycles. The summed E-state index contributed by atoms with van der Waals surface area (Å²) in [6, 6.07) is 12.7. The highest BCUT2D eigenvalue weighted by Crippen LogP contribution is 2.21. The Morgan fingerprint density at radius 2 is 2.00 bits per heavy atom. The first kappa shape index (κ1) is 15.8. The Morgan fingerprint density at radius 3 is 2.79 bits per heavy atom. The molecule has 3 rings (SSSR count). The first-order valence-corrected chi connectivity index (χ1v) is 7.49. The first-order valence-electron chi connectivity index (χ1n) is 7.49. The van der Waals surface area contributed by atoms with Crippen molar-refractivity contribution in [3.05, 3.63) is 54.4 Å². The maximum absolute atomic E-state index is 12.3. The highest BCUT2D eigenvalue weighted by atomic mass is 16.5. The van der Waals surface area contributed by atoms with Gasteiger partial charge in [0.15, 0.2) is 5.69 Å². The number of nitrogens with zero attached hydrogens (tertiary/aromatic N) is 3. The third kappa shape index (κ3) is 3.64. The highest BCUT2D eigenvalue weighted by Gasteiger charge is 2.11. The monoisotopic (exact) mass is 323 g/mol. The number of carbonyl (C=O) groups is 1. The van der Waals surface area contributed by atoms with Crippen LogP contribution < -0.4 is 10.6 Å². The summed E-state index contributed by atoms with van der Waals surface area (Å²) >= 11 is 0. The Hall–Kier alpha value is -3.06. The van der Waals surface area contributed by atoms with Gasteiger partial charge >= 0.3 is 0 Å². The van der Waals surface area contributed by atoms with E-state index in [0.29, 0.717) is 24.7 Å². The van der Waals surface area contributed by atoms with Crippen LogP contribution in [-0.2, 0) is 4.74 Å². The van der Waals surface area contributed by atoms with Crippen molar-refractivity contribution in [2.75, 3.05) is 30.9 Å². The molecular weight excluding hydrogens is 306 g/mol. The molecule has 2 heterocycles. The molecule has 0 fully saturated rings.